The van der Waals surface area contributed by atoms with Crippen LogP contribution in [-0.2, 0) is 6.42 Å². The van der Waals surface area contributed by atoms with Crippen molar-refractivity contribution in [1.29, 1.82) is 0 Å². The van der Waals surface area contributed by atoms with E-state index in [1.165, 1.54) is 16.7 Å². The van der Waals surface area contributed by atoms with E-state index in [0.29, 0.717) is 0 Å². The molecule has 0 amide bonds. The zero-order valence-electron chi connectivity index (χ0n) is 11.7. The van der Waals surface area contributed by atoms with Gasteiger partial charge in [0, 0.05) is 5.39 Å². The highest BCUT2D eigenvalue weighted by Gasteiger charge is 2.13. The lowest BCUT2D eigenvalue weighted by Crippen LogP contribution is -1.96. The minimum absolute atomic E-state index is 0.790. The zero-order chi connectivity index (χ0) is 13.9. The lowest BCUT2D eigenvalue weighted by Gasteiger charge is -2.10. The van der Waals surface area contributed by atoms with Crippen LogP contribution in [0.3, 0.4) is 0 Å². The zero-order valence-corrected chi connectivity index (χ0v) is 11.7. The van der Waals surface area contributed by atoms with Crippen molar-refractivity contribution in [3.8, 4) is 11.1 Å². The molecule has 2 heteroatoms. The summed E-state index contributed by atoms with van der Waals surface area (Å²) in [7, 11) is 0. The molecule has 1 aromatic heterocycles. The summed E-state index contributed by atoms with van der Waals surface area (Å²) in [6.45, 7) is 2.19. The molecular formula is C18H19NO. The SMILES string of the molecule is CCCCc1cc(-c2ccccc2)c2ccoc2c1N. The van der Waals surface area contributed by atoms with Crippen LogP contribution in [-0.4, -0.2) is 0 Å². The first-order valence-corrected chi connectivity index (χ1v) is 7.15. The number of anilines is 1. The van der Waals surface area contributed by atoms with Gasteiger partial charge < -0.3 is 10.2 Å². The van der Waals surface area contributed by atoms with E-state index in [1.54, 1.807) is 6.26 Å². The standard InChI is InChI=1S/C18H19NO/c1-2-3-7-14-12-16(13-8-5-4-6-9-13)15-10-11-20-18(15)17(14)19/h4-6,8-12H,2-3,7,19H2,1H3. The van der Waals surface area contributed by atoms with Crippen LogP contribution in [0.25, 0.3) is 22.1 Å². The van der Waals surface area contributed by atoms with Crippen molar-refractivity contribution in [2.24, 2.45) is 0 Å². The van der Waals surface area contributed by atoms with Crippen LogP contribution in [0.4, 0.5) is 5.69 Å². The highest BCUT2D eigenvalue weighted by molar-refractivity contribution is 6.01. The summed E-state index contributed by atoms with van der Waals surface area (Å²) in [5.74, 6) is 0. The molecule has 3 aromatic rings. The molecule has 0 radical (unpaired) electrons. The summed E-state index contributed by atoms with van der Waals surface area (Å²) in [4.78, 5) is 0. The van der Waals surface area contributed by atoms with Crippen LogP contribution < -0.4 is 5.73 Å². The van der Waals surface area contributed by atoms with E-state index in [1.807, 2.05) is 12.1 Å². The van der Waals surface area contributed by atoms with Gasteiger partial charge in [-0.05, 0) is 41.7 Å². The second kappa shape index (κ2) is 5.41. The molecule has 2 N–H and O–H groups in total. The van der Waals surface area contributed by atoms with Crippen LogP contribution in [0, 0.1) is 0 Å². The van der Waals surface area contributed by atoms with Gasteiger partial charge in [0.1, 0.15) is 0 Å². The van der Waals surface area contributed by atoms with E-state index in [9.17, 15) is 0 Å². The molecule has 3 rings (SSSR count). The Labute approximate surface area is 119 Å². The summed E-state index contributed by atoms with van der Waals surface area (Å²) in [5.41, 5.74) is 11.5. The summed E-state index contributed by atoms with van der Waals surface area (Å²) in [5, 5.41) is 1.09. The summed E-state index contributed by atoms with van der Waals surface area (Å²) in [6.07, 6.45) is 5.02. The Morgan fingerprint density at radius 2 is 1.90 bits per heavy atom. The van der Waals surface area contributed by atoms with Gasteiger partial charge in [0.25, 0.3) is 0 Å². The van der Waals surface area contributed by atoms with Crippen molar-refractivity contribution in [3.05, 3.63) is 54.3 Å². The summed E-state index contributed by atoms with van der Waals surface area (Å²) < 4.78 is 5.61. The van der Waals surface area contributed by atoms with Crippen LogP contribution in [0.15, 0.2) is 53.1 Å². The van der Waals surface area contributed by atoms with Gasteiger partial charge in [0.15, 0.2) is 5.58 Å². The lowest BCUT2D eigenvalue weighted by atomic mass is 9.96. The average molecular weight is 265 g/mol. The van der Waals surface area contributed by atoms with E-state index in [0.717, 1.165) is 35.9 Å². The number of unbranched alkanes of at least 4 members (excludes halogenated alkanes) is 1. The number of hydrogen-bond acceptors (Lipinski definition) is 2. The predicted octanol–water partition coefficient (Wildman–Crippen LogP) is 5.02. The first kappa shape index (κ1) is 12.8. The molecule has 1 heterocycles. The molecule has 0 unspecified atom stereocenters. The number of rotatable bonds is 4. The molecule has 20 heavy (non-hydrogen) atoms. The van der Waals surface area contributed by atoms with Crippen LogP contribution in [0.2, 0.25) is 0 Å². The normalized spacial score (nSPS) is 11.1. The smallest absolute Gasteiger partial charge is 0.157 e. The number of furan rings is 1. The first-order valence-electron chi connectivity index (χ1n) is 7.15. The second-order valence-corrected chi connectivity index (χ2v) is 5.13. The Hall–Kier alpha value is -2.22. The lowest BCUT2D eigenvalue weighted by molar-refractivity contribution is 0.616. The van der Waals surface area contributed by atoms with E-state index in [4.69, 9.17) is 10.2 Å². The minimum atomic E-state index is 0.790. The van der Waals surface area contributed by atoms with Gasteiger partial charge in [-0.2, -0.15) is 0 Å². The van der Waals surface area contributed by atoms with Crippen molar-refractivity contribution in [2.45, 2.75) is 26.2 Å². The Balaban J connectivity index is 2.20. The molecule has 0 aliphatic carbocycles. The molecule has 0 bridgehead atoms. The molecule has 0 aliphatic heterocycles. The van der Waals surface area contributed by atoms with Gasteiger partial charge >= 0.3 is 0 Å². The Bertz CT molecular complexity index is 713. The number of hydrogen-bond donors (Lipinski definition) is 1. The Kier molecular flexibility index (Phi) is 3.46. The van der Waals surface area contributed by atoms with E-state index in [2.05, 4.69) is 37.3 Å². The molecule has 0 atom stereocenters. The molecule has 2 aromatic carbocycles. The van der Waals surface area contributed by atoms with E-state index >= 15 is 0 Å². The number of fused-ring (bicyclic) bond motifs is 1. The second-order valence-electron chi connectivity index (χ2n) is 5.13. The summed E-state index contributed by atoms with van der Waals surface area (Å²) >= 11 is 0. The molecule has 102 valence electrons. The highest BCUT2D eigenvalue weighted by Crippen LogP contribution is 2.36. The van der Waals surface area contributed by atoms with Gasteiger partial charge in [-0.15, -0.1) is 0 Å². The maximum absolute atomic E-state index is 6.26. The third-order valence-corrected chi connectivity index (χ3v) is 3.75. The Morgan fingerprint density at radius 3 is 2.65 bits per heavy atom. The van der Waals surface area contributed by atoms with Gasteiger partial charge in [-0.3, -0.25) is 0 Å². The van der Waals surface area contributed by atoms with Gasteiger partial charge in [0.2, 0.25) is 0 Å². The van der Waals surface area contributed by atoms with Gasteiger partial charge in [-0.1, -0.05) is 43.7 Å². The molecule has 0 fully saturated rings. The van der Waals surface area contributed by atoms with Crippen molar-refractivity contribution < 1.29 is 4.42 Å². The molecule has 2 nitrogen and oxygen atoms in total. The first-order chi connectivity index (χ1) is 9.81. The maximum atomic E-state index is 6.26. The van der Waals surface area contributed by atoms with Gasteiger partial charge in [-0.25, -0.2) is 0 Å². The minimum Gasteiger partial charge on any atom is -0.462 e. The summed E-state index contributed by atoms with van der Waals surface area (Å²) in [6, 6.07) is 14.6. The van der Waals surface area contributed by atoms with Crippen molar-refractivity contribution in [2.75, 3.05) is 5.73 Å². The quantitative estimate of drug-likeness (QED) is 0.672. The van der Waals surface area contributed by atoms with Gasteiger partial charge in [0.05, 0.1) is 12.0 Å². The van der Waals surface area contributed by atoms with Crippen LogP contribution in [0.5, 0.6) is 0 Å². The topological polar surface area (TPSA) is 39.2 Å². The molecule has 0 saturated carbocycles. The monoisotopic (exact) mass is 265 g/mol. The van der Waals surface area contributed by atoms with E-state index in [-0.39, 0.29) is 0 Å². The fraction of sp³-hybridized carbons (Fsp3) is 0.222. The molecule has 0 aliphatic rings. The van der Waals surface area contributed by atoms with Crippen molar-refractivity contribution in [1.82, 2.24) is 0 Å². The van der Waals surface area contributed by atoms with E-state index < -0.39 is 0 Å². The number of aryl methyl sites for hydroxylation is 1. The third kappa shape index (κ3) is 2.18. The maximum Gasteiger partial charge on any atom is 0.157 e. The Morgan fingerprint density at radius 1 is 1.10 bits per heavy atom. The molecular weight excluding hydrogens is 246 g/mol. The average Bonchev–Trinajstić information content (AvgIpc) is 2.97. The molecule has 0 saturated heterocycles. The van der Waals surface area contributed by atoms with Crippen LogP contribution >= 0.6 is 0 Å². The third-order valence-electron chi connectivity index (χ3n) is 3.75. The fourth-order valence-corrected chi connectivity index (χ4v) is 2.64. The number of nitrogen functional groups attached to an aromatic ring is 1. The van der Waals surface area contributed by atoms with Crippen LogP contribution in [0.1, 0.15) is 25.3 Å². The number of benzene rings is 2. The predicted molar refractivity (Wildman–Crippen MR) is 84.7 cm³/mol. The number of nitrogens with two attached hydrogens (primary N) is 1. The van der Waals surface area contributed by atoms with Crippen molar-refractivity contribution in [3.63, 3.8) is 0 Å². The van der Waals surface area contributed by atoms with Crippen molar-refractivity contribution >= 4 is 16.7 Å². The molecule has 0 spiro atoms. The largest absolute Gasteiger partial charge is 0.462 e. The fourth-order valence-electron chi connectivity index (χ4n) is 2.64. The highest BCUT2D eigenvalue weighted by atomic mass is 16.3.